The fourth-order valence-corrected chi connectivity index (χ4v) is 13.2. The summed E-state index contributed by atoms with van der Waals surface area (Å²) in [6.45, 7) is 0. The fraction of sp³-hybridized carbons (Fsp3) is 0.395. The van der Waals surface area contributed by atoms with Gasteiger partial charge in [-0.2, -0.15) is 0 Å². The van der Waals surface area contributed by atoms with E-state index in [0.29, 0.717) is 11.3 Å². The van der Waals surface area contributed by atoms with Gasteiger partial charge < -0.3 is 9.47 Å². The Labute approximate surface area is 287 Å². The van der Waals surface area contributed by atoms with Gasteiger partial charge in [-0.15, -0.1) is 0 Å². The van der Waals surface area contributed by atoms with Gasteiger partial charge in [-0.3, -0.25) is 9.59 Å². The molecule has 0 amide bonds. The third-order valence-electron chi connectivity index (χ3n) is 11.2. The first-order chi connectivity index (χ1) is 23.6. The fourth-order valence-electron chi connectivity index (χ4n) is 9.02. The Hall–Kier alpha value is -3.75. The lowest BCUT2D eigenvalue weighted by Gasteiger charge is -2.42. The van der Waals surface area contributed by atoms with Gasteiger partial charge >= 0.3 is 11.9 Å². The van der Waals surface area contributed by atoms with Gasteiger partial charge in [0.25, 0.3) is 0 Å². The highest BCUT2D eigenvalue weighted by Gasteiger charge is 2.55. The van der Waals surface area contributed by atoms with Crippen LogP contribution in [0.5, 0.6) is 0 Å². The Morgan fingerprint density at radius 3 is 1.33 bits per heavy atom. The van der Waals surface area contributed by atoms with Crippen LogP contribution in [0.4, 0.5) is 0 Å². The minimum Gasteiger partial charge on any atom is -0.468 e. The van der Waals surface area contributed by atoms with Gasteiger partial charge in [0, 0.05) is 12.8 Å². The van der Waals surface area contributed by atoms with Crippen molar-refractivity contribution in [3.8, 4) is 33.4 Å². The quantitative estimate of drug-likeness (QED) is 0.107. The summed E-state index contributed by atoms with van der Waals surface area (Å²) in [6.07, 6.45) is 13.4. The number of hydrogen-bond acceptors (Lipinski definition) is 4. The van der Waals surface area contributed by atoms with Crippen molar-refractivity contribution in [1.82, 2.24) is 0 Å². The lowest BCUT2D eigenvalue weighted by atomic mass is 9.83. The summed E-state index contributed by atoms with van der Waals surface area (Å²) < 4.78 is 10.9. The molecule has 0 unspecified atom stereocenters. The Bertz CT molecular complexity index is 1700. The highest BCUT2D eigenvalue weighted by Crippen LogP contribution is 2.61. The summed E-state index contributed by atoms with van der Waals surface area (Å²) in [5, 5.41) is 1.49. The van der Waals surface area contributed by atoms with Gasteiger partial charge in [0.2, 0.25) is 0 Å². The molecule has 2 saturated carbocycles. The van der Waals surface area contributed by atoms with Crippen molar-refractivity contribution < 1.29 is 19.1 Å². The molecule has 0 saturated heterocycles. The van der Waals surface area contributed by atoms with E-state index >= 15 is 0 Å². The van der Waals surface area contributed by atoms with Crippen molar-refractivity contribution >= 4 is 25.2 Å². The van der Waals surface area contributed by atoms with Crippen LogP contribution in [0.25, 0.3) is 33.4 Å². The summed E-state index contributed by atoms with van der Waals surface area (Å²) in [7, 11) is 2.18. The molecule has 3 aliphatic rings. The van der Waals surface area contributed by atoms with E-state index in [1.165, 1.54) is 112 Å². The van der Waals surface area contributed by atoms with Crippen LogP contribution in [0.15, 0.2) is 91.0 Å². The minimum absolute atomic E-state index is 0.247. The number of methoxy groups -OCH3 is 2. The van der Waals surface area contributed by atoms with E-state index in [1.54, 1.807) is 0 Å². The minimum atomic E-state index is -1.44. The highest BCUT2D eigenvalue weighted by molar-refractivity contribution is 7.67. The molecule has 0 bridgehead atoms. The zero-order valence-electron chi connectivity index (χ0n) is 28.4. The second-order valence-electron chi connectivity index (χ2n) is 13.9. The molecule has 5 heteroatoms. The number of carbonyl (C=O) groups excluding carboxylic acids is 2. The van der Waals surface area contributed by atoms with Crippen molar-refractivity contribution in [3.05, 3.63) is 102 Å². The van der Waals surface area contributed by atoms with E-state index in [1.807, 2.05) is 0 Å². The molecule has 4 aromatic rings. The van der Waals surface area contributed by atoms with Gasteiger partial charge in [0.15, 0.2) is 5.41 Å². The van der Waals surface area contributed by atoms with Gasteiger partial charge in [-0.1, -0.05) is 137 Å². The van der Waals surface area contributed by atoms with Crippen molar-refractivity contribution in [3.63, 3.8) is 0 Å². The SMILES string of the molecule is COC(=O)C1(C(=O)OC)Cc2c(c(-c3ccccc3)c(P(C3CCCCC3)C3CCCCC3)c(-c3ccccc3)c2-c2ccccc2)C1. The van der Waals surface area contributed by atoms with Crippen LogP contribution < -0.4 is 5.30 Å². The molecule has 4 nitrogen and oxygen atoms in total. The molecule has 248 valence electrons. The van der Waals surface area contributed by atoms with Gasteiger partial charge in [0.05, 0.1) is 14.2 Å². The first kappa shape index (κ1) is 32.8. The average molecular weight is 659 g/mol. The van der Waals surface area contributed by atoms with E-state index in [2.05, 4.69) is 91.0 Å². The van der Waals surface area contributed by atoms with E-state index in [4.69, 9.17) is 9.47 Å². The van der Waals surface area contributed by atoms with Crippen LogP contribution in [0.2, 0.25) is 0 Å². The number of ether oxygens (including phenoxy) is 2. The topological polar surface area (TPSA) is 52.6 Å². The zero-order valence-corrected chi connectivity index (χ0v) is 29.3. The molecule has 0 heterocycles. The molecule has 0 spiro atoms. The van der Waals surface area contributed by atoms with Gasteiger partial charge in [0.1, 0.15) is 0 Å². The van der Waals surface area contributed by atoms with Crippen molar-refractivity contribution in [2.45, 2.75) is 88.4 Å². The smallest absolute Gasteiger partial charge is 0.323 e. The lowest BCUT2D eigenvalue weighted by molar-refractivity contribution is -0.168. The molecule has 0 N–H and O–H groups in total. The van der Waals surface area contributed by atoms with Crippen LogP contribution in [-0.4, -0.2) is 37.5 Å². The van der Waals surface area contributed by atoms with E-state index in [0.717, 1.165) is 16.7 Å². The van der Waals surface area contributed by atoms with Crippen molar-refractivity contribution in [1.29, 1.82) is 0 Å². The molecular formula is C43H47O4P. The highest BCUT2D eigenvalue weighted by atomic mass is 31.1. The second kappa shape index (κ2) is 14.4. The number of hydrogen-bond donors (Lipinski definition) is 0. The molecule has 3 aliphatic carbocycles. The maximum Gasteiger partial charge on any atom is 0.323 e. The Kier molecular flexibility index (Phi) is 9.83. The molecule has 4 aromatic carbocycles. The summed E-state index contributed by atoms with van der Waals surface area (Å²) in [6, 6.07) is 32.4. The largest absolute Gasteiger partial charge is 0.468 e. The third kappa shape index (κ3) is 5.91. The van der Waals surface area contributed by atoms with Crippen molar-refractivity contribution in [2.24, 2.45) is 5.41 Å². The Morgan fingerprint density at radius 2 is 0.917 bits per heavy atom. The van der Waals surface area contributed by atoms with Gasteiger partial charge in [-0.25, -0.2) is 0 Å². The first-order valence-corrected chi connectivity index (χ1v) is 19.4. The number of esters is 2. The standard InChI is InChI=1S/C43H47O4P/c1-46-41(44)43(42(45)47-2)28-35-36(29-43)38(31-20-10-4-11-21-31)40(48(33-24-14-6-15-25-33)34-26-16-7-17-27-34)39(32-22-12-5-13-23-32)37(35)30-18-8-3-9-19-30/h3-5,8-13,18-23,33-34H,6-7,14-17,24-29H2,1-2H3. The molecule has 0 aromatic heterocycles. The summed E-state index contributed by atoms with van der Waals surface area (Å²) in [5.74, 6) is -1.04. The summed E-state index contributed by atoms with van der Waals surface area (Å²) >= 11 is 0. The zero-order chi connectivity index (χ0) is 33.1. The molecule has 0 aliphatic heterocycles. The van der Waals surface area contributed by atoms with E-state index in [-0.39, 0.29) is 12.8 Å². The predicted molar refractivity (Wildman–Crippen MR) is 197 cm³/mol. The maximum atomic E-state index is 13.8. The van der Waals surface area contributed by atoms with Crippen molar-refractivity contribution in [2.75, 3.05) is 14.2 Å². The molecule has 48 heavy (non-hydrogen) atoms. The van der Waals surface area contributed by atoms with Crippen LogP contribution in [0.3, 0.4) is 0 Å². The summed E-state index contributed by atoms with van der Waals surface area (Å²) in [4.78, 5) is 27.7. The van der Waals surface area contributed by atoms with E-state index < -0.39 is 25.3 Å². The van der Waals surface area contributed by atoms with Gasteiger partial charge in [-0.05, 0) is 86.8 Å². The number of fused-ring (bicyclic) bond motifs is 1. The molecule has 7 rings (SSSR count). The Balaban J connectivity index is 1.66. The monoisotopic (exact) mass is 658 g/mol. The molecule has 0 radical (unpaired) electrons. The molecule has 2 fully saturated rings. The third-order valence-corrected chi connectivity index (χ3v) is 14.8. The summed E-state index contributed by atoms with van der Waals surface area (Å²) in [5.41, 5.74) is 9.26. The first-order valence-electron chi connectivity index (χ1n) is 17.9. The normalized spacial score (nSPS) is 18.0. The maximum absolute atomic E-state index is 13.8. The lowest BCUT2D eigenvalue weighted by Crippen LogP contribution is -2.42. The van der Waals surface area contributed by atoms with Crippen LogP contribution >= 0.6 is 7.92 Å². The second-order valence-corrected chi connectivity index (χ2v) is 16.7. The van der Waals surface area contributed by atoms with Crippen LogP contribution in [0, 0.1) is 5.41 Å². The average Bonchev–Trinajstić information content (AvgIpc) is 3.57. The van der Waals surface area contributed by atoms with Crippen LogP contribution in [-0.2, 0) is 31.9 Å². The number of benzene rings is 4. The number of rotatable bonds is 8. The predicted octanol–water partition coefficient (Wildman–Crippen LogP) is 9.89. The molecule has 0 atom stereocenters. The Morgan fingerprint density at radius 1 is 0.542 bits per heavy atom. The van der Waals surface area contributed by atoms with E-state index in [9.17, 15) is 9.59 Å². The molecular weight excluding hydrogens is 611 g/mol. The van der Waals surface area contributed by atoms with Crippen LogP contribution in [0.1, 0.15) is 75.3 Å². The number of carbonyl (C=O) groups is 2.